The zero-order valence-corrected chi connectivity index (χ0v) is 13.0. The molecule has 0 radical (unpaired) electrons. The summed E-state index contributed by atoms with van der Waals surface area (Å²) in [4.78, 5) is 3.57. The van der Waals surface area contributed by atoms with Crippen molar-refractivity contribution in [2.75, 3.05) is 6.54 Å². The van der Waals surface area contributed by atoms with E-state index in [9.17, 15) is 13.5 Å². The summed E-state index contributed by atoms with van der Waals surface area (Å²) in [6.45, 7) is -0.160. The van der Waals surface area contributed by atoms with Gasteiger partial charge in [0.25, 0.3) is 0 Å². The highest BCUT2D eigenvalue weighted by Crippen LogP contribution is 2.22. The van der Waals surface area contributed by atoms with Crippen molar-refractivity contribution >= 4 is 33.2 Å². The number of aliphatic hydroxyl groups is 1. The number of halogens is 2. The molecule has 0 bridgehead atoms. The molecular weight excluding hydrogens is 335 g/mol. The maximum absolute atomic E-state index is 12.1. The van der Waals surface area contributed by atoms with Crippen molar-refractivity contribution in [1.29, 1.82) is 0 Å². The molecule has 2 N–H and O–H groups in total. The maximum atomic E-state index is 12.1. The molecule has 112 valence electrons. The molecule has 0 aliphatic rings. The molecule has 1 heterocycles. The maximum Gasteiger partial charge on any atom is 0.242 e. The molecule has 0 aliphatic carbocycles. The first kappa shape index (κ1) is 16.2. The Bertz CT molecular complexity index is 723. The Morgan fingerprint density at radius 2 is 1.90 bits per heavy atom. The third-order valence-electron chi connectivity index (χ3n) is 2.73. The lowest BCUT2D eigenvalue weighted by atomic mass is 10.1. The number of hydrogen-bond donors (Lipinski definition) is 2. The van der Waals surface area contributed by atoms with Gasteiger partial charge in [-0.1, -0.05) is 53.5 Å². The molecule has 1 aromatic heterocycles. The summed E-state index contributed by atoms with van der Waals surface area (Å²) in [7, 11) is -3.82. The number of sulfonamides is 1. The SMILES string of the molecule is O=S(=O)(NCC(O)c1ccccc1)c1cnc(Cl)c(Cl)c1. The zero-order chi connectivity index (χ0) is 15.5. The van der Waals surface area contributed by atoms with Crippen LogP contribution in [0.25, 0.3) is 0 Å². The summed E-state index contributed by atoms with van der Waals surface area (Å²) in [6.07, 6.45) is 0.155. The predicted molar refractivity (Wildman–Crippen MR) is 80.8 cm³/mol. The number of nitrogens with zero attached hydrogens (tertiary/aromatic N) is 1. The number of hydrogen-bond acceptors (Lipinski definition) is 4. The fraction of sp³-hybridized carbons (Fsp3) is 0.154. The fourth-order valence-corrected chi connectivity index (χ4v) is 2.96. The van der Waals surface area contributed by atoms with E-state index in [4.69, 9.17) is 23.2 Å². The third-order valence-corrected chi connectivity index (χ3v) is 4.81. The number of rotatable bonds is 5. The number of pyridine rings is 1. The van der Waals surface area contributed by atoms with E-state index in [-0.39, 0.29) is 21.6 Å². The minimum atomic E-state index is -3.82. The first-order chi connectivity index (χ1) is 9.90. The van der Waals surface area contributed by atoms with E-state index < -0.39 is 16.1 Å². The Morgan fingerprint density at radius 3 is 2.52 bits per heavy atom. The summed E-state index contributed by atoms with van der Waals surface area (Å²) in [5, 5.41) is 10.0. The van der Waals surface area contributed by atoms with Crippen LogP contribution in [0.15, 0.2) is 47.5 Å². The van der Waals surface area contributed by atoms with Crippen LogP contribution in [0.2, 0.25) is 10.2 Å². The molecule has 2 aromatic rings. The van der Waals surface area contributed by atoms with E-state index in [1.165, 1.54) is 6.07 Å². The minimum Gasteiger partial charge on any atom is -0.387 e. The van der Waals surface area contributed by atoms with Crippen molar-refractivity contribution in [3.63, 3.8) is 0 Å². The van der Waals surface area contributed by atoms with E-state index in [2.05, 4.69) is 9.71 Å². The van der Waals surface area contributed by atoms with Gasteiger partial charge in [-0.05, 0) is 11.6 Å². The van der Waals surface area contributed by atoms with Crippen LogP contribution >= 0.6 is 23.2 Å². The lowest BCUT2D eigenvalue weighted by molar-refractivity contribution is 0.182. The van der Waals surface area contributed by atoms with Crippen LogP contribution < -0.4 is 4.72 Å². The van der Waals surface area contributed by atoms with Gasteiger partial charge < -0.3 is 5.11 Å². The standard InChI is InChI=1S/C13H12Cl2N2O3S/c14-11-6-10(7-16-13(11)15)21(19,20)17-8-12(18)9-4-2-1-3-5-9/h1-7,12,17-18H,8H2. The molecule has 0 saturated carbocycles. The summed E-state index contributed by atoms with van der Waals surface area (Å²) in [6, 6.07) is 9.95. The van der Waals surface area contributed by atoms with E-state index in [1.807, 2.05) is 6.07 Å². The molecule has 0 fully saturated rings. The van der Waals surface area contributed by atoms with Gasteiger partial charge >= 0.3 is 0 Å². The molecule has 2 rings (SSSR count). The van der Waals surface area contributed by atoms with Crippen molar-refractivity contribution in [2.24, 2.45) is 0 Å². The summed E-state index contributed by atoms with van der Waals surface area (Å²) in [5.41, 5.74) is 0.618. The Morgan fingerprint density at radius 1 is 1.24 bits per heavy atom. The van der Waals surface area contributed by atoms with Gasteiger partial charge in [0, 0.05) is 12.7 Å². The van der Waals surface area contributed by atoms with Crippen LogP contribution in [0.3, 0.4) is 0 Å². The first-order valence-corrected chi connectivity index (χ1v) is 8.18. The normalized spacial score (nSPS) is 13.1. The largest absolute Gasteiger partial charge is 0.387 e. The zero-order valence-electron chi connectivity index (χ0n) is 10.7. The van der Waals surface area contributed by atoms with Gasteiger partial charge in [0.2, 0.25) is 10.0 Å². The number of aromatic nitrogens is 1. The minimum absolute atomic E-state index is 0.0277. The fourth-order valence-electron chi connectivity index (χ4n) is 1.62. The average molecular weight is 347 g/mol. The van der Waals surface area contributed by atoms with Crippen molar-refractivity contribution < 1.29 is 13.5 Å². The quantitative estimate of drug-likeness (QED) is 0.814. The highest BCUT2D eigenvalue weighted by Gasteiger charge is 2.18. The number of benzene rings is 1. The Balaban J connectivity index is 2.09. The first-order valence-electron chi connectivity index (χ1n) is 5.94. The predicted octanol–water partition coefficient (Wildman–Crippen LogP) is 2.40. The van der Waals surface area contributed by atoms with E-state index in [0.29, 0.717) is 5.56 Å². The topological polar surface area (TPSA) is 79.3 Å². The molecule has 0 spiro atoms. The Hall–Kier alpha value is -1.18. The van der Waals surface area contributed by atoms with Gasteiger partial charge in [0.05, 0.1) is 11.1 Å². The number of aliphatic hydroxyl groups excluding tert-OH is 1. The molecule has 0 amide bonds. The molecule has 21 heavy (non-hydrogen) atoms. The van der Waals surface area contributed by atoms with Gasteiger partial charge in [-0.25, -0.2) is 18.1 Å². The third kappa shape index (κ3) is 4.15. The molecule has 5 nitrogen and oxygen atoms in total. The van der Waals surface area contributed by atoms with Gasteiger partial charge in [-0.15, -0.1) is 0 Å². The average Bonchev–Trinajstić information content (AvgIpc) is 2.48. The lowest BCUT2D eigenvalue weighted by Crippen LogP contribution is -2.28. The van der Waals surface area contributed by atoms with Crippen LogP contribution in [-0.4, -0.2) is 25.1 Å². The smallest absolute Gasteiger partial charge is 0.242 e. The van der Waals surface area contributed by atoms with E-state index >= 15 is 0 Å². The molecule has 1 atom stereocenters. The van der Waals surface area contributed by atoms with Crippen LogP contribution in [-0.2, 0) is 10.0 Å². The molecular formula is C13H12Cl2N2O3S. The monoisotopic (exact) mass is 346 g/mol. The van der Waals surface area contributed by atoms with E-state index in [1.54, 1.807) is 24.3 Å². The Labute approximate surface area is 132 Å². The summed E-state index contributed by atoms with van der Waals surface area (Å²) >= 11 is 11.4. The molecule has 8 heteroatoms. The highest BCUT2D eigenvalue weighted by atomic mass is 35.5. The second-order valence-corrected chi connectivity index (χ2v) is 6.75. The van der Waals surface area contributed by atoms with Gasteiger partial charge in [0.15, 0.2) is 0 Å². The van der Waals surface area contributed by atoms with Crippen molar-refractivity contribution in [2.45, 2.75) is 11.0 Å². The summed E-state index contributed by atoms with van der Waals surface area (Å²) in [5.74, 6) is 0. The number of nitrogens with one attached hydrogen (secondary N) is 1. The van der Waals surface area contributed by atoms with Crippen molar-refractivity contribution in [3.05, 3.63) is 58.3 Å². The van der Waals surface area contributed by atoms with Gasteiger partial charge in [-0.3, -0.25) is 0 Å². The van der Waals surface area contributed by atoms with Crippen LogP contribution in [0.1, 0.15) is 11.7 Å². The van der Waals surface area contributed by atoms with Crippen LogP contribution in [0, 0.1) is 0 Å². The summed E-state index contributed by atoms with van der Waals surface area (Å²) < 4.78 is 26.4. The molecule has 0 aliphatic heterocycles. The second-order valence-electron chi connectivity index (χ2n) is 4.22. The van der Waals surface area contributed by atoms with E-state index in [0.717, 1.165) is 6.20 Å². The van der Waals surface area contributed by atoms with Gasteiger partial charge in [-0.2, -0.15) is 0 Å². The Kier molecular flexibility index (Phi) is 5.18. The lowest BCUT2D eigenvalue weighted by Gasteiger charge is -2.12. The molecule has 1 aromatic carbocycles. The van der Waals surface area contributed by atoms with Crippen molar-refractivity contribution in [3.8, 4) is 0 Å². The van der Waals surface area contributed by atoms with Gasteiger partial charge in [0.1, 0.15) is 10.0 Å². The molecule has 1 unspecified atom stereocenters. The van der Waals surface area contributed by atoms with Crippen LogP contribution in [0.5, 0.6) is 0 Å². The highest BCUT2D eigenvalue weighted by molar-refractivity contribution is 7.89. The van der Waals surface area contributed by atoms with Crippen molar-refractivity contribution in [1.82, 2.24) is 9.71 Å². The second kappa shape index (κ2) is 6.72. The van der Waals surface area contributed by atoms with Crippen LogP contribution in [0.4, 0.5) is 0 Å². The molecule has 0 saturated heterocycles.